The number of rotatable bonds is 3. The lowest BCUT2D eigenvalue weighted by Gasteiger charge is -2.19. The van der Waals surface area contributed by atoms with Crippen molar-refractivity contribution in [2.24, 2.45) is 0 Å². The van der Waals surface area contributed by atoms with Crippen molar-refractivity contribution in [1.82, 2.24) is 4.90 Å². The minimum Gasteiger partial charge on any atom is -0.340 e. The Labute approximate surface area is 95.8 Å². The lowest BCUT2D eigenvalue weighted by molar-refractivity contribution is -0.129. The molecule has 0 radical (unpaired) electrons. The van der Waals surface area contributed by atoms with E-state index in [0.717, 1.165) is 5.56 Å². The Hall–Kier alpha value is -1.02. The highest BCUT2D eigenvalue weighted by atomic mass is 35.5. The van der Waals surface area contributed by atoms with E-state index in [4.69, 9.17) is 11.6 Å². The zero-order chi connectivity index (χ0) is 11.4. The Morgan fingerprint density at radius 3 is 2.60 bits per heavy atom. The van der Waals surface area contributed by atoms with Crippen LogP contribution in [0.4, 0.5) is 0 Å². The van der Waals surface area contributed by atoms with Gasteiger partial charge < -0.3 is 4.90 Å². The van der Waals surface area contributed by atoms with Gasteiger partial charge in [-0.1, -0.05) is 24.3 Å². The maximum Gasteiger partial charge on any atom is 0.240 e. The van der Waals surface area contributed by atoms with Gasteiger partial charge in [-0.2, -0.15) is 0 Å². The molecule has 15 heavy (non-hydrogen) atoms. The molecule has 1 atom stereocenters. The number of nitrogens with zero attached hydrogens (tertiary/aromatic N) is 1. The Morgan fingerprint density at radius 1 is 1.47 bits per heavy atom. The molecule has 1 amide bonds. The van der Waals surface area contributed by atoms with Gasteiger partial charge in [-0.25, -0.2) is 0 Å². The fourth-order valence-electron chi connectivity index (χ4n) is 1.42. The molecule has 0 heterocycles. The molecule has 1 rings (SSSR count). The van der Waals surface area contributed by atoms with Crippen LogP contribution in [0.5, 0.6) is 0 Å². The van der Waals surface area contributed by atoms with E-state index in [1.165, 1.54) is 5.56 Å². The van der Waals surface area contributed by atoms with Crippen molar-refractivity contribution in [2.45, 2.75) is 25.8 Å². The van der Waals surface area contributed by atoms with E-state index in [-0.39, 0.29) is 5.91 Å². The van der Waals surface area contributed by atoms with Crippen molar-refractivity contribution < 1.29 is 4.79 Å². The van der Waals surface area contributed by atoms with Crippen LogP contribution in [0.3, 0.4) is 0 Å². The highest BCUT2D eigenvalue weighted by Crippen LogP contribution is 2.11. The maximum atomic E-state index is 11.6. The second kappa shape index (κ2) is 5.17. The largest absolute Gasteiger partial charge is 0.340 e. The minimum atomic E-state index is -0.459. The predicted octanol–water partition coefficient (Wildman–Crippen LogP) is 2.58. The summed E-state index contributed by atoms with van der Waals surface area (Å²) in [4.78, 5) is 13.2. The van der Waals surface area contributed by atoms with E-state index in [1.807, 2.05) is 31.2 Å². The van der Waals surface area contributed by atoms with Crippen LogP contribution >= 0.6 is 11.6 Å². The van der Waals surface area contributed by atoms with Crippen LogP contribution in [0.15, 0.2) is 24.3 Å². The van der Waals surface area contributed by atoms with Gasteiger partial charge >= 0.3 is 0 Å². The van der Waals surface area contributed by atoms with Gasteiger partial charge in [0, 0.05) is 13.6 Å². The highest BCUT2D eigenvalue weighted by Gasteiger charge is 2.15. The van der Waals surface area contributed by atoms with E-state index in [0.29, 0.717) is 6.54 Å². The normalized spacial score (nSPS) is 12.3. The third kappa shape index (κ3) is 3.24. The van der Waals surface area contributed by atoms with Crippen LogP contribution in [0.25, 0.3) is 0 Å². The first-order valence-corrected chi connectivity index (χ1v) is 5.39. The van der Waals surface area contributed by atoms with Gasteiger partial charge in [0.05, 0.1) is 0 Å². The summed E-state index contributed by atoms with van der Waals surface area (Å²) in [6, 6.07) is 8.03. The molecule has 0 fully saturated rings. The molecule has 0 saturated carbocycles. The van der Waals surface area contributed by atoms with E-state index in [2.05, 4.69) is 0 Å². The van der Waals surface area contributed by atoms with Gasteiger partial charge in [0.25, 0.3) is 0 Å². The Morgan fingerprint density at radius 2 is 2.07 bits per heavy atom. The van der Waals surface area contributed by atoms with Crippen molar-refractivity contribution in [3.8, 4) is 0 Å². The van der Waals surface area contributed by atoms with Crippen molar-refractivity contribution in [3.05, 3.63) is 35.4 Å². The van der Waals surface area contributed by atoms with Crippen LogP contribution in [-0.4, -0.2) is 23.2 Å². The Kier molecular flexibility index (Phi) is 4.15. The monoisotopic (exact) mass is 225 g/mol. The molecular weight excluding hydrogens is 210 g/mol. The topological polar surface area (TPSA) is 20.3 Å². The molecule has 0 N–H and O–H groups in total. The molecule has 0 spiro atoms. The highest BCUT2D eigenvalue weighted by molar-refractivity contribution is 6.30. The molecule has 0 saturated heterocycles. The average molecular weight is 226 g/mol. The standard InChI is InChI=1S/C12H16ClNO/c1-9-6-4-5-7-11(9)8-14(3)12(15)10(2)13/h4-7,10H,8H2,1-3H3/t10-/m0/s1. The quantitative estimate of drug-likeness (QED) is 0.725. The van der Waals surface area contributed by atoms with Gasteiger partial charge in [0.1, 0.15) is 5.38 Å². The lowest BCUT2D eigenvalue weighted by atomic mass is 10.1. The SMILES string of the molecule is Cc1ccccc1CN(C)C(=O)[C@H](C)Cl. The number of carbonyl (C=O) groups is 1. The zero-order valence-corrected chi connectivity index (χ0v) is 10.1. The molecule has 0 aliphatic rings. The molecule has 0 unspecified atom stereocenters. The molecule has 1 aromatic rings. The smallest absolute Gasteiger partial charge is 0.240 e. The van der Waals surface area contributed by atoms with Crippen LogP contribution < -0.4 is 0 Å². The maximum absolute atomic E-state index is 11.6. The number of benzene rings is 1. The summed E-state index contributed by atoms with van der Waals surface area (Å²) < 4.78 is 0. The number of hydrogen-bond donors (Lipinski definition) is 0. The summed E-state index contributed by atoms with van der Waals surface area (Å²) in [5.41, 5.74) is 2.35. The van der Waals surface area contributed by atoms with E-state index in [1.54, 1.807) is 18.9 Å². The molecule has 0 aromatic heterocycles. The van der Waals surface area contributed by atoms with Crippen molar-refractivity contribution in [1.29, 1.82) is 0 Å². The third-order valence-corrected chi connectivity index (χ3v) is 2.57. The van der Waals surface area contributed by atoms with Crippen LogP contribution in [0, 0.1) is 6.92 Å². The molecule has 2 nitrogen and oxygen atoms in total. The minimum absolute atomic E-state index is 0.0417. The number of amides is 1. The molecule has 1 aromatic carbocycles. The molecule has 0 bridgehead atoms. The first-order valence-electron chi connectivity index (χ1n) is 4.96. The molecule has 3 heteroatoms. The molecule has 0 aliphatic carbocycles. The van der Waals surface area contributed by atoms with Crippen LogP contribution in [0.2, 0.25) is 0 Å². The fourth-order valence-corrected chi connectivity index (χ4v) is 1.59. The fraction of sp³-hybridized carbons (Fsp3) is 0.417. The summed E-state index contributed by atoms with van der Waals surface area (Å²) in [6.45, 7) is 4.35. The number of alkyl halides is 1. The van der Waals surface area contributed by atoms with E-state index < -0.39 is 5.38 Å². The second-order valence-electron chi connectivity index (χ2n) is 3.74. The first kappa shape index (κ1) is 12.1. The van der Waals surface area contributed by atoms with Gasteiger partial charge in [-0.15, -0.1) is 11.6 Å². The lowest BCUT2D eigenvalue weighted by Crippen LogP contribution is -2.31. The van der Waals surface area contributed by atoms with Crippen LogP contribution in [0.1, 0.15) is 18.1 Å². The van der Waals surface area contributed by atoms with E-state index in [9.17, 15) is 4.79 Å². The van der Waals surface area contributed by atoms with E-state index >= 15 is 0 Å². The number of halogens is 1. The molecular formula is C12H16ClNO. The number of hydrogen-bond acceptors (Lipinski definition) is 1. The summed E-state index contributed by atoms with van der Waals surface area (Å²) >= 11 is 5.74. The zero-order valence-electron chi connectivity index (χ0n) is 9.33. The summed E-state index contributed by atoms with van der Waals surface area (Å²) in [6.07, 6.45) is 0. The average Bonchev–Trinajstić information content (AvgIpc) is 2.20. The number of carbonyl (C=O) groups excluding carboxylic acids is 1. The summed E-state index contributed by atoms with van der Waals surface area (Å²) in [5.74, 6) is -0.0417. The van der Waals surface area contributed by atoms with Crippen molar-refractivity contribution in [3.63, 3.8) is 0 Å². The van der Waals surface area contributed by atoms with Gasteiger partial charge in [-0.05, 0) is 25.0 Å². The van der Waals surface area contributed by atoms with Crippen molar-refractivity contribution >= 4 is 17.5 Å². The number of aryl methyl sites for hydroxylation is 1. The molecule has 82 valence electrons. The predicted molar refractivity (Wildman–Crippen MR) is 63.0 cm³/mol. The second-order valence-corrected chi connectivity index (χ2v) is 4.39. The third-order valence-electron chi connectivity index (χ3n) is 2.39. The summed E-state index contributed by atoms with van der Waals surface area (Å²) in [5, 5.41) is -0.459. The van der Waals surface area contributed by atoms with Gasteiger partial charge in [0.2, 0.25) is 5.91 Å². The Balaban J connectivity index is 2.71. The van der Waals surface area contributed by atoms with Gasteiger partial charge in [0.15, 0.2) is 0 Å². The van der Waals surface area contributed by atoms with Crippen LogP contribution in [-0.2, 0) is 11.3 Å². The van der Waals surface area contributed by atoms with Gasteiger partial charge in [-0.3, -0.25) is 4.79 Å². The Bertz CT molecular complexity index is 349. The molecule has 0 aliphatic heterocycles. The van der Waals surface area contributed by atoms with Crippen molar-refractivity contribution in [2.75, 3.05) is 7.05 Å². The first-order chi connectivity index (χ1) is 7.02. The summed E-state index contributed by atoms with van der Waals surface area (Å²) in [7, 11) is 1.77.